The molecule has 1 atom stereocenters. The first-order chi connectivity index (χ1) is 14.0. The summed E-state index contributed by atoms with van der Waals surface area (Å²) in [5, 5.41) is 21.5. The molecule has 1 fully saturated rings. The Morgan fingerprint density at radius 3 is 2.59 bits per heavy atom. The first-order valence-electron chi connectivity index (χ1n) is 9.90. The molecule has 2 N–H and O–H groups in total. The lowest BCUT2D eigenvalue weighted by atomic mass is 9.98. The summed E-state index contributed by atoms with van der Waals surface area (Å²) >= 11 is 0. The van der Waals surface area contributed by atoms with Gasteiger partial charge in [0.2, 0.25) is 6.23 Å². The first kappa shape index (κ1) is 20.7. The van der Waals surface area contributed by atoms with E-state index in [4.69, 9.17) is 14.7 Å². The molecule has 0 saturated heterocycles. The second-order valence-corrected chi connectivity index (χ2v) is 7.12. The van der Waals surface area contributed by atoms with Crippen molar-refractivity contribution in [3.05, 3.63) is 58.7 Å². The van der Waals surface area contributed by atoms with Crippen molar-refractivity contribution in [3.8, 4) is 11.8 Å². The highest BCUT2D eigenvalue weighted by atomic mass is 16.6. The minimum Gasteiger partial charge on any atom is -0.490 e. The van der Waals surface area contributed by atoms with Gasteiger partial charge in [0.05, 0.1) is 23.8 Å². The Labute approximate surface area is 171 Å². The monoisotopic (exact) mass is 394 g/mol. The molecular formula is C23H26N2O4. The summed E-state index contributed by atoms with van der Waals surface area (Å²) in [5.41, 5.74) is 4.25. The van der Waals surface area contributed by atoms with Crippen molar-refractivity contribution < 1.29 is 19.4 Å². The van der Waals surface area contributed by atoms with Crippen LogP contribution in [0.15, 0.2) is 36.4 Å². The van der Waals surface area contributed by atoms with Crippen LogP contribution in [0.4, 0.5) is 5.69 Å². The van der Waals surface area contributed by atoms with Gasteiger partial charge in [-0.1, -0.05) is 13.0 Å². The number of aryl methyl sites for hydroxylation is 1. The van der Waals surface area contributed by atoms with E-state index in [0.717, 1.165) is 36.1 Å². The van der Waals surface area contributed by atoms with Gasteiger partial charge >= 0.3 is 5.97 Å². The average molecular weight is 394 g/mol. The Morgan fingerprint density at radius 2 is 2.03 bits per heavy atom. The fourth-order valence-electron chi connectivity index (χ4n) is 3.30. The van der Waals surface area contributed by atoms with E-state index in [9.17, 15) is 9.90 Å². The summed E-state index contributed by atoms with van der Waals surface area (Å²) < 4.78 is 11.5. The number of nitrogens with zero attached hydrogens (tertiary/aromatic N) is 1. The third kappa shape index (κ3) is 5.27. The number of hydrogen-bond acceptors (Lipinski definition) is 6. The van der Waals surface area contributed by atoms with Crippen LogP contribution in [-0.2, 0) is 16.0 Å². The van der Waals surface area contributed by atoms with Crippen LogP contribution in [0.1, 0.15) is 61.1 Å². The Kier molecular flexibility index (Phi) is 6.73. The number of ether oxygens (including phenoxy) is 2. The van der Waals surface area contributed by atoms with Gasteiger partial charge in [0, 0.05) is 12.6 Å². The second-order valence-electron chi connectivity index (χ2n) is 7.12. The van der Waals surface area contributed by atoms with Gasteiger partial charge in [0.25, 0.3) is 0 Å². The van der Waals surface area contributed by atoms with Crippen LogP contribution < -0.4 is 10.1 Å². The van der Waals surface area contributed by atoms with Gasteiger partial charge in [-0.3, -0.25) is 4.79 Å². The molecule has 0 amide bonds. The van der Waals surface area contributed by atoms with Gasteiger partial charge in [-0.05, 0) is 66.6 Å². The van der Waals surface area contributed by atoms with Crippen molar-refractivity contribution in [2.45, 2.75) is 45.3 Å². The van der Waals surface area contributed by atoms with Crippen molar-refractivity contribution in [2.24, 2.45) is 0 Å². The molecule has 0 bridgehead atoms. The third-order valence-electron chi connectivity index (χ3n) is 4.86. The fourth-order valence-corrected chi connectivity index (χ4v) is 3.30. The minimum absolute atomic E-state index is 0.103. The number of rotatable bonds is 9. The molecule has 0 heterocycles. The lowest BCUT2D eigenvalue weighted by Gasteiger charge is -2.25. The highest BCUT2D eigenvalue weighted by Gasteiger charge is 2.29. The van der Waals surface area contributed by atoms with Gasteiger partial charge in [-0.25, -0.2) is 0 Å². The van der Waals surface area contributed by atoms with Crippen LogP contribution in [-0.4, -0.2) is 24.3 Å². The third-order valence-corrected chi connectivity index (χ3v) is 4.86. The number of nitriles is 1. The van der Waals surface area contributed by atoms with Crippen molar-refractivity contribution in [1.82, 2.24) is 0 Å². The fraction of sp³-hybridized carbons (Fsp3) is 0.391. The number of carbonyl (C=O) groups is 1. The number of aliphatic hydroxyl groups is 1. The summed E-state index contributed by atoms with van der Waals surface area (Å²) in [6, 6.07) is 13.2. The summed E-state index contributed by atoms with van der Waals surface area (Å²) in [5.74, 6) is 0.747. The number of anilines is 1. The molecule has 6 nitrogen and oxygen atoms in total. The maximum absolute atomic E-state index is 11.8. The zero-order valence-corrected chi connectivity index (χ0v) is 16.8. The van der Waals surface area contributed by atoms with Crippen molar-refractivity contribution in [2.75, 3.05) is 18.5 Å². The van der Waals surface area contributed by atoms with E-state index in [1.807, 2.05) is 6.07 Å². The van der Waals surface area contributed by atoms with Crippen molar-refractivity contribution >= 4 is 11.7 Å². The zero-order chi connectivity index (χ0) is 20.8. The summed E-state index contributed by atoms with van der Waals surface area (Å²) in [4.78, 5) is 11.8. The molecule has 1 saturated carbocycles. The van der Waals surface area contributed by atoms with Crippen LogP contribution in [0.2, 0.25) is 0 Å². The first-order valence-corrected chi connectivity index (χ1v) is 9.90. The van der Waals surface area contributed by atoms with Crippen LogP contribution in [0, 0.1) is 11.3 Å². The molecule has 0 spiro atoms. The van der Waals surface area contributed by atoms with Crippen LogP contribution in [0.25, 0.3) is 0 Å². The number of carbonyl (C=O) groups excluding carboxylic acids is 1. The Morgan fingerprint density at radius 1 is 1.31 bits per heavy atom. The Hall–Kier alpha value is -3.04. The second kappa shape index (κ2) is 9.44. The van der Waals surface area contributed by atoms with E-state index in [0.29, 0.717) is 17.2 Å². The summed E-state index contributed by atoms with van der Waals surface area (Å²) in [6.45, 7) is 3.48. The number of aliphatic hydroxyl groups excluding tert-OH is 1. The molecule has 1 unspecified atom stereocenters. The Balaban J connectivity index is 2.02. The van der Waals surface area contributed by atoms with Gasteiger partial charge in [-0.2, -0.15) is 5.26 Å². The quantitative estimate of drug-likeness (QED) is 0.493. The maximum Gasteiger partial charge on any atom is 0.304 e. The van der Waals surface area contributed by atoms with Crippen molar-refractivity contribution in [1.29, 1.82) is 5.26 Å². The van der Waals surface area contributed by atoms with Gasteiger partial charge in [-0.15, -0.1) is 0 Å². The minimum atomic E-state index is -0.752. The topological polar surface area (TPSA) is 91.6 Å². The highest BCUT2D eigenvalue weighted by Crippen LogP contribution is 2.44. The molecule has 2 aromatic rings. The number of nitrogens with one attached hydrogen (secondary N) is 1. The van der Waals surface area contributed by atoms with E-state index in [1.54, 1.807) is 24.3 Å². The van der Waals surface area contributed by atoms with Crippen molar-refractivity contribution in [3.63, 3.8) is 0 Å². The van der Waals surface area contributed by atoms with Gasteiger partial charge in [0.15, 0.2) is 0 Å². The highest BCUT2D eigenvalue weighted by molar-refractivity contribution is 5.67. The van der Waals surface area contributed by atoms with Crippen LogP contribution in [0.5, 0.6) is 5.75 Å². The molecule has 0 aromatic heterocycles. The maximum atomic E-state index is 11.8. The lowest BCUT2D eigenvalue weighted by molar-refractivity contribution is -0.145. The Bertz CT molecular complexity index is 898. The number of benzene rings is 2. The SMILES string of the molecule is CCc1cc(C2CC2)cc(C(Nc2ccc(C#N)cc2)OC(C)=O)c1OCCO. The van der Waals surface area contributed by atoms with E-state index in [1.165, 1.54) is 12.5 Å². The van der Waals surface area contributed by atoms with E-state index >= 15 is 0 Å². The molecule has 2 aromatic carbocycles. The average Bonchev–Trinajstić information content (AvgIpc) is 3.57. The molecule has 3 rings (SSSR count). The molecule has 1 aliphatic carbocycles. The molecule has 0 aliphatic heterocycles. The van der Waals surface area contributed by atoms with Crippen LogP contribution >= 0.6 is 0 Å². The molecule has 6 heteroatoms. The standard InChI is InChI=1S/C23H26N2O4/c1-3-17-12-19(18-6-7-18)13-21(22(17)28-11-10-26)23(29-15(2)27)25-20-8-4-16(14-24)5-9-20/h4-5,8-9,12-13,18,23,25-26H,3,6-7,10-11H2,1-2H3. The van der Waals surface area contributed by atoms with E-state index in [-0.39, 0.29) is 13.2 Å². The van der Waals surface area contributed by atoms with E-state index in [2.05, 4.69) is 24.4 Å². The van der Waals surface area contributed by atoms with E-state index < -0.39 is 12.2 Å². The molecule has 1 aliphatic rings. The summed E-state index contributed by atoms with van der Waals surface area (Å²) in [7, 11) is 0. The number of hydrogen-bond donors (Lipinski definition) is 2. The molecule has 0 radical (unpaired) electrons. The summed E-state index contributed by atoms with van der Waals surface area (Å²) in [6.07, 6.45) is 2.32. The van der Waals surface area contributed by atoms with Gasteiger partial charge < -0.3 is 19.9 Å². The van der Waals surface area contributed by atoms with Crippen LogP contribution in [0.3, 0.4) is 0 Å². The molecule has 29 heavy (non-hydrogen) atoms. The smallest absolute Gasteiger partial charge is 0.304 e. The normalized spacial score (nSPS) is 14.0. The molecular weight excluding hydrogens is 368 g/mol. The predicted molar refractivity (Wildman–Crippen MR) is 110 cm³/mol. The predicted octanol–water partition coefficient (Wildman–Crippen LogP) is 4.04. The van der Waals surface area contributed by atoms with Gasteiger partial charge in [0.1, 0.15) is 12.4 Å². The molecule has 152 valence electrons. The largest absolute Gasteiger partial charge is 0.490 e. The lowest BCUT2D eigenvalue weighted by Crippen LogP contribution is -2.20. The number of esters is 1. The zero-order valence-electron chi connectivity index (χ0n) is 16.8.